The molecule has 0 aromatic carbocycles. The Kier molecular flexibility index (Phi) is 3.31. The minimum atomic E-state index is 0.623. The van der Waals surface area contributed by atoms with E-state index in [0.29, 0.717) is 11.6 Å². The summed E-state index contributed by atoms with van der Waals surface area (Å²) < 4.78 is 0. The number of nitrogens with one attached hydrogen (secondary N) is 1. The lowest BCUT2D eigenvalue weighted by Gasteiger charge is -2.04. The highest BCUT2D eigenvalue weighted by atomic mass is 35.5. The van der Waals surface area contributed by atoms with Crippen molar-refractivity contribution in [2.75, 3.05) is 5.32 Å². The molecular weight excluding hydrogens is 224 g/mol. The van der Waals surface area contributed by atoms with E-state index in [4.69, 9.17) is 11.6 Å². The van der Waals surface area contributed by atoms with Crippen LogP contribution in [0.1, 0.15) is 11.4 Å². The van der Waals surface area contributed by atoms with Crippen molar-refractivity contribution < 1.29 is 0 Å². The van der Waals surface area contributed by atoms with Crippen molar-refractivity contribution in [2.45, 2.75) is 13.5 Å². The standard InChI is InChI=1S/C11H11ClN4/c1-8-4-10(16-7-15-8)6-14-11-3-2-9(12)5-13-11/h2-5,7H,6H2,1H3,(H,13,14). The fourth-order valence-corrected chi connectivity index (χ4v) is 1.38. The molecule has 16 heavy (non-hydrogen) atoms. The fourth-order valence-electron chi connectivity index (χ4n) is 1.27. The lowest BCUT2D eigenvalue weighted by Crippen LogP contribution is -2.03. The number of aromatic nitrogens is 3. The van der Waals surface area contributed by atoms with E-state index in [0.717, 1.165) is 17.2 Å². The van der Waals surface area contributed by atoms with E-state index in [2.05, 4.69) is 20.3 Å². The number of hydrogen-bond donors (Lipinski definition) is 1. The lowest BCUT2D eigenvalue weighted by atomic mass is 10.3. The van der Waals surface area contributed by atoms with Crippen LogP contribution in [-0.4, -0.2) is 15.0 Å². The summed E-state index contributed by atoms with van der Waals surface area (Å²) >= 11 is 5.74. The van der Waals surface area contributed by atoms with Gasteiger partial charge >= 0.3 is 0 Å². The van der Waals surface area contributed by atoms with E-state index in [9.17, 15) is 0 Å². The molecule has 82 valence electrons. The average molecular weight is 235 g/mol. The molecule has 0 spiro atoms. The molecule has 5 heteroatoms. The highest BCUT2D eigenvalue weighted by Gasteiger charge is 1.97. The van der Waals surface area contributed by atoms with Crippen LogP contribution < -0.4 is 5.32 Å². The minimum absolute atomic E-state index is 0.623. The first-order chi connectivity index (χ1) is 7.74. The Morgan fingerprint density at radius 1 is 1.25 bits per heavy atom. The predicted molar refractivity (Wildman–Crippen MR) is 63.3 cm³/mol. The highest BCUT2D eigenvalue weighted by Crippen LogP contribution is 2.10. The summed E-state index contributed by atoms with van der Waals surface area (Å²) in [6, 6.07) is 5.56. The number of rotatable bonds is 3. The Hall–Kier alpha value is -1.68. The summed E-state index contributed by atoms with van der Waals surface area (Å²) in [5.74, 6) is 0.778. The summed E-state index contributed by atoms with van der Waals surface area (Å²) in [5.41, 5.74) is 1.89. The van der Waals surface area contributed by atoms with Gasteiger partial charge in [-0.05, 0) is 25.1 Å². The molecule has 2 aromatic heterocycles. The molecule has 0 unspecified atom stereocenters. The van der Waals surface area contributed by atoms with Gasteiger partial charge in [0, 0.05) is 11.9 Å². The smallest absolute Gasteiger partial charge is 0.126 e. The third-order valence-electron chi connectivity index (χ3n) is 2.04. The van der Waals surface area contributed by atoms with Gasteiger partial charge in [0.1, 0.15) is 12.1 Å². The topological polar surface area (TPSA) is 50.7 Å². The van der Waals surface area contributed by atoms with E-state index >= 15 is 0 Å². The van der Waals surface area contributed by atoms with Crippen LogP contribution >= 0.6 is 11.6 Å². The van der Waals surface area contributed by atoms with Crippen molar-refractivity contribution in [3.05, 3.63) is 47.1 Å². The lowest BCUT2D eigenvalue weighted by molar-refractivity contribution is 0.975. The van der Waals surface area contributed by atoms with Gasteiger partial charge in [-0.15, -0.1) is 0 Å². The summed E-state index contributed by atoms with van der Waals surface area (Å²) in [5, 5.41) is 3.78. The van der Waals surface area contributed by atoms with E-state index in [1.54, 1.807) is 18.6 Å². The second-order valence-electron chi connectivity index (χ2n) is 3.37. The van der Waals surface area contributed by atoms with Gasteiger partial charge in [-0.2, -0.15) is 0 Å². The molecule has 0 aliphatic heterocycles. The second kappa shape index (κ2) is 4.90. The maximum atomic E-state index is 5.74. The maximum absolute atomic E-state index is 5.74. The molecule has 2 heterocycles. The molecular formula is C11H11ClN4. The fraction of sp³-hybridized carbons (Fsp3) is 0.182. The van der Waals surface area contributed by atoms with Gasteiger partial charge in [-0.1, -0.05) is 11.6 Å². The quantitative estimate of drug-likeness (QED) is 0.886. The molecule has 0 fully saturated rings. The van der Waals surface area contributed by atoms with Crippen molar-refractivity contribution in [1.82, 2.24) is 15.0 Å². The molecule has 0 bridgehead atoms. The van der Waals surface area contributed by atoms with Crippen molar-refractivity contribution in [3.63, 3.8) is 0 Å². The maximum Gasteiger partial charge on any atom is 0.126 e. The molecule has 0 amide bonds. The molecule has 0 aliphatic carbocycles. The van der Waals surface area contributed by atoms with E-state index in [1.165, 1.54) is 0 Å². The zero-order chi connectivity index (χ0) is 11.4. The zero-order valence-corrected chi connectivity index (χ0v) is 9.57. The Balaban J connectivity index is 1.99. The van der Waals surface area contributed by atoms with Crippen LogP contribution in [0.15, 0.2) is 30.7 Å². The van der Waals surface area contributed by atoms with Gasteiger partial charge in [-0.3, -0.25) is 0 Å². The SMILES string of the molecule is Cc1cc(CNc2ccc(Cl)cn2)ncn1. The van der Waals surface area contributed by atoms with E-state index < -0.39 is 0 Å². The molecule has 0 aliphatic rings. The predicted octanol–water partition coefficient (Wildman–Crippen LogP) is 2.45. The third kappa shape index (κ3) is 2.90. The first-order valence-electron chi connectivity index (χ1n) is 4.87. The molecule has 2 aromatic rings. The summed E-state index contributed by atoms with van der Waals surface area (Å²) in [4.78, 5) is 12.3. The first kappa shape index (κ1) is 10.8. The van der Waals surface area contributed by atoms with E-state index in [-0.39, 0.29) is 0 Å². The van der Waals surface area contributed by atoms with Gasteiger partial charge in [0.25, 0.3) is 0 Å². The second-order valence-corrected chi connectivity index (χ2v) is 3.80. The summed E-state index contributed by atoms with van der Waals surface area (Å²) in [6.07, 6.45) is 3.16. The van der Waals surface area contributed by atoms with Crippen LogP contribution in [0, 0.1) is 6.92 Å². The van der Waals surface area contributed by atoms with Crippen molar-refractivity contribution in [3.8, 4) is 0 Å². The monoisotopic (exact) mass is 234 g/mol. The molecule has 0 radical (unpaired) electrons. The average Bonchev–Trinajstić information content (AvgIpc) is 2.28. The van der Waals surface area contributed by atoms with Crippen LogP contribution in [0.2, 0.25) is 5.02 Å². The van der Waals surface area contributed by atoms with Gasteiger partial charge < -0.3 is 5.32 Å². The summed E-state index contributed by atoms with van der Waals surface area (Å²) in [6.45, 7) is 2.56. The largest absolute Gasteiger partial charge is 0.364 e. The van der Waals surface area contributed by atoms with Crippen molar-refractivity contribution in [1.29, 1.82) is 0 Å². The van der Waals surface area contributed by atoms with Gasteiger partial charge in [0.05, 0.1) is 17.3 Å². The molecule has 0 saturated heterocycles. The Labute approximate surface area is 98.7 Å². The highest BCUT2D eigenvalue weighted by molar-refractivity contribution is 6.30. The Morgan fingerprint density at radius 2 is 2.12 bits per heavy atom. The Morgan fingerprint density at radius 3 is 2.81 bits per heavy atom. The van der Waals surface area contributed by atoms with E-state index in [1.807, 2.05) is 19.1 Å². The normalized spacial score (nSPS) is 10.1. The zero-order valence-electron chi connectivity index (χ0n) is 8.81. The molecule has 2 rings (SSSR count). The van der Waals surface area contributed by atoms with Crippen LogP contribution in [0.25, 0.3) is 0 Å². The summed E-state index contributed by atoms with van der Waals surface area (Å²) in [7, 11) is 0. The minimum Gasteiger partial charge on any atom is -0.364 e. The molecule has 0 saturated carbocycles. The first-order valence-corrected chi connectivity index (χ1v) is 5.25. The third-order valence-corrected chi connectivity index (χ3v) is 2.26. The number of hydrogen-bond acceptors (Lipinski definition) is 4. The number of nitrogens with zero attached hydrogens (tertiary/aromatic N) is 3. The molecule has 0 atom stereocenters. The number of aryl methyl sites for hydroxylation is 1. The van der Waals surface area contributed by atoms with Crippen LogP contribution in [-0.2, 0) is 6.54 Å². The van der Waals surface area contributed by atoms with Crippen molar-refractivity contribution >= 4 is 17.4 Å². The number of anilines is 1. The van der Waals surface area contributed by atoms with Gasteiger partial charge in [-0.25, -0.2) is 15.0 Å². The van der Waals surface area contributed by atoms with Crippen molar-refractivity contribution in [2.24, 2.45) is 0 Å². The molecule has 1 N–H and O–H groups in total. The van der Waals surface area contributed by atoms with Crippen LogP contribution in [0.5, 0.6) is 0 Å². The van der Waals surface area contributed by atoms with Gasteiger partial charge in [0.2, 0.25) is 0 Å². The number of pyridine rings is 1. The van der Waals surface area contributed by atoms with Crippen LogP contribution in [0.4, 0.5) is 5.82 Å². The van der Waals surface area contributed by atoms with Crippen LogP contribution in [0.3, 0.4) is 0 Å². The Bertz CT molecular complexity index is 470. The van der Waals surface area contributed by atoms with Gasteiger partial charge in [0.15, 0.2) is 0 Å². The number of halogens is 1. The molecule has 4 nitrogen and oxygen atoms in total.